The molecule has 0 radical (unpaired) electrons. The summed E-state index contributed by atoms with van der Waals surface area (Å²) >= 11 is 0. The maximum Gasteiger partial charge on any atom is 0.174 e. The number of hydrogen-bond donors (Lipinski definition) is 1. The first kappa shape index (κ1) is 15.3. The van der Waals surface area contributed by atoms with Gasteiger partial charge in [-0.25, -0.2) is 4.98 Å². The summed E-state index contributed by atoms with van der Waals surface area (Å²) in [7, 11) is 0. The molecule has 1 N–H and O–H groups in total. The molecule has 0 aromatic carbocycles. The molecule has 19 heavy (non-hydrogen) atoms. The summed E-state index contributed by atoms with van der Waals surface area (Å²) in [6, 6.07) is 2.02. The van der Waals surface area contributed by atoms with E-state index in [1.165, 1.54) is 51.3 Å². The second-order valence-corrected chi connectivity index (χ2v) is 4.76. The van der Waals surface area contributed by atoms with E-state index in [1.54, 1.807) is 0 Å². The average Bonchev–Trinajstić information content (AvgIpc) is 2.88. The van der Waals surface area contributed by atoms with Gasteiger partial charge < -0.3 is 4.98 Å². The lowest BCUT2D eigenvalue weighted by molar-refractivity contribution is 0.579. The van der Waals surface area contributed by atoms with Crippen LogP contribution in [-0.4, -0.2) is 9.97 Å². The molecule has 3 heteroatoms. The smallest absolute Gasteiger partial charge is 0.174 e. The lowest BCUT2D eigenvalue weighted by atomic mass is 10.1. The Balaban J connectivity index is 2.04. The molecule has 0 aliphatic carbocycles. The molecule has 1 aromatic heterocycles. The van der Waals surface area contributed by atoms with Crippen LogP contribution in [0.25, 0.3) is 0 Å². The van der Waals surface area contributed by atoms with Crippen molar-refractivity contribution in [2.75, 3.05) is 0 Å². The standard InChI is InChI=1S/C16H23N3/c1-2-3-4-5-6-7-8-9-10-11-12-15-16(13-17)19-14-18-15/h14H,2-10H2,1H3,(H,18,19). The van der Waals surface area contributed by atoms with E-state index in [-0.39, 0.29) is 0 Å². The van der Waals surface area contributed by atoms with Crippen molar-refractivity contribution in [3.05, 3.63) is 17.7 Å². The van der Waals surface area contributed by atoms with Crippen molar-refractivity contribution in [2.45, 2.75) is 64.7 Å². The van der Waals surface area contributed by atoms with E-state index in [9.17, 15) is 0 Å². The Labute approximate surface area is 116 Å². The molecule has 0 fully saturated rings. The molecule has 0 bridgehead atoms. The van der Waals surface area contributed by atoms with E-state index in [1.807, 2.05) is 6.07 Å². The Morgan fingerprint density at radius 1 is 1.11 bits per heavy atom. The maximum absolute atomic E-state index is 8.77. The first-order valence-electron chi connectivity index (χ1n) is 7.30. The highest BCUT2D eigenvalue weighted by atomic mass is 14.9. The van der Waals surface area contributed by atoms with Crippen molar-refractivity contribution in [3.8, 4) is 17.9 Å². The van der Waals surface area contributed by atoms with Crippen molar-refractivity contribution < 1.29 is 0 Å². The Morgan fingerprint density at radius 3 is 2.47 bits per heavy atom. The second-order valence-electron chi connectivity index (χ2n) is 4.76. The summed E-state index contributed by atoms with van der Waals surface area (Å²) in [6.07, 6.45) is 12.9. The van der Waals surface area contributed by atoms with Gasteiger partial charge in [0, 0.05) is 6.42 Å². The number of H-pyrrole nitrogens is 1. The monoisotopic (exact) mass is 257 g/mol. The van der Waals surface area contributed by atoms with Gasteiger partial charge in [-0.2, -0.15) is 5.26 Å². The zero-order chi connectivity index (χ0) is 13.8. The lowest BCUT2D eigenvalue weighted by Crippen LogP contribution is -1.81. The quantitative estimate of drug-likeness (QED) is 0.561. The van der Waals surface area contributed by atoms with Gasteiger partial charge in [-0.1, -0.05) is 57.8 Å². The van der Waals surface area contributed by atoms with Gasteiger partial charge >= 0.3 is 0 Å². The SMILES string of the molecule is CCCCCCCCCCC#Cc1[nH]cnc1C#N. The summed E-state index contributed by atoms with van der Waals surface area (Å²) < 4.78 is 0. The van der Waals surface area contributed by atoms with Crippen LogP contribution in [0.3, 0.4) is 0 Å². The van der Waals surface area contributed by atoms with Crippen LogP contribution in [0.2, 0.25) is 0 Å². The number of nitrogens with one attached hydrogen (secondary N) is 1. The molecule has 3 nitrogen and oxygen atoms in total. The molecule has 1 aromatic rings. The normalized spacial score (nSPS) is 9.68. The number of unbranched alkanes of at least 4 members (excludes halogenated alkanes) is 8. The topological polar surface area (TPSA) is 52.5 Å². The molecule has 1 rings (SSSR count). The lowest BCUT2D eigenvalue weighted by Gasteiger charge is -1.99. The van der Waals surface area contributed by atoms with Crippen molar-refractivity contribution in [2.24, 2.45) is 0 Å². The first-order valence-corrected chi connectivity index (χ1v) is 7.30. The fraction of sp³-hybridized carbons (Fsp3) is 0.625. The number of imidazole rings is 1. The van der Waals surface area contributed by atoms with Crippen LogP contribution in [0, 0.1) is 23.2 Å². The molecule has 0 amide bonds. The third-order valence-electron chi connectivity index (χ3n) is 3.11. The zero-order valence-electron chi connectivity index (χ0n) is 11.8. The van der Waals surface area contributed by atoms with Gasteiger partial charge in [0.15, 0.2) is 5.69 Å². The highest BCUT2D eigenvalue weighted by molar-refractivity contribution is 5.38. The highest BCUT2D eigenvalue weighted by Crippen LogP contribution is 2.09. The highest BCUT2D eigenvalue weighted by Gasteiger charge is 1.99. The van der Waals surface area contributed by atoms with Gasteiger partial charge in [-0.05, 0) is 12.3 Å². The van der Waals surface area contributed by atoms with Crippen LogP contribution in [0.1, 0.15) is 76.1 Å². The molecule has 0 unspecified atom stereocenters. The van der Waals surface area contributed by atoms with Crippen LogP contribution in [-0.2, 0) is 0 Å². The van der Waals surface area contributed by atoms with Gasteiger partial charge in [-0.3, -0.25) is 0 Å². The van der Waals surface area contributed by atoms with E-state index in [4.69, 9.17) is 5.26 Å². The van der Waals surface area contributed by atoms with Crippen molar-refractivity contribution in [1.29, 1.82) is 5.26 Å². The van der Waals surface area contributed by atoms with Gasteiger partial charge in [0.05, 0.1) is 6.33 Å². The fourth-order valence-electron chi connectivity index (χ4n) is 1.97. The van der Waals surface area contributed by atoms with Gasteiger partial charge in [-0.15, -0.1) is 0 Å². The molecule has 0 aliphatic rings. The number of aromatic amines is 1. The molecule has 0 saturated heterocycles. The zero-order valence-corrected chi connectivity index (χ0v) is 11.8. The minimum atomic E-state index is 0.392. The van der Waals surface area contributed by atoms with E-state index >= 15 is 0 Å². The van der Waals surface area contributed by atoms with Crippen molar-refractivity contribution in [1.82, 2.24) is 9.97 Å². The van der Waals surface area contributed by atoms with Gasteiger partial charge in [0.2, 0.25) is 0 Å². The van der Waals surface area contributed by atoms with Gasteiger partial charge in [0.25, 0.3) is 0 Å². The van der Waals surface area contributed by atoms with Crippen LogP contribution in [0.15, 0.2) is 6.33 Å². The third-order valence-corrected chi connectivity index (χ3v) is 3.11. The molecule has 0 saturated carbocycles. The average molecular weight is 257 g/mol. The Morgan fingerprint density at radius 2 is 1.79 bits per heavy atom. The first-order chi connectivity index (χ1) is 9.38. The predicted octanol–water partition coefficient (Wildman–Crippen LogP) is 4.16. The summed E-state index contributed by atoms with van der Waals surface area (Å²) in [4.78, 5) is 6.76. The van der Waals surface area contributed by atoms with E-state index in [0.29, 0.717) is 11.4 Å². The van der Waals surface area contributed by atoms with E-state index < -0.39 is 0 Å². The van der Waals surface area contributed by atoms with Crippen molar-refractivity contribution in [3.63, 3.8) is 0 Å². The molecular formula is C16H23N3. The number of aromatic nitrogens is 2. The molecule has 0 atom stereocenters. The molecule has 0 spiro atoms. The second kappa shape index (κ2) is 10.2. The number of nitriles is 1. The van der Waals surface area contributed by atoms with Crippen LogP contribution in [0.5, 0.6) is 0 Å². The molecule has 0 aliphatic heterocycles. The largest absolute Gasteiger partial charge is 0.337 e. The summed E-state index contributed by atoms with van der Waals surface area (Å²) in [5, 5.41) is 8.77. The van der Waals surface area contributed by atoms with E-state index in [0.717, 1.165) is 12.8 Å². The Bertz CT molecular complexity index is 443. The minimum absolute atomic E-state index is 0.392. The molecule has 102 valence electrons. The van der Waals surface area contributed by atoms with Crippen LogP contribution < -0.4 is 0 Å². The maximum atomic E-state index is 8.77. The summed E-state index contributed by atoms with van der Waals surface area (Å²) in [5.41, 5.74) is 1.03. The molecule has 1 heterocycles. The van der Waals surface area contributed by atoms with E-state index in [2.05, 4.69) is 28.7 Å². The Hall–Kier alpha value is -1.74. The number of hydrogen-bond acceptors (Lipinski definition) is 2. The summed E-state index contributed by atoms with van der Waals surface area (Å²) in [6.45, 7) is 2.25. The van der Waals surface area contributed by atoms with Crippen molar-refractivity contribution >= 4 is 0 Å². The fourth-order valence-corrected chi connectivity index (χ4v) is 1.97. The van der Waals surface area contributed by atoms with Crippen LogP contribution in [0.4, 0.5) is 0 Å². The summed E-state index contributed by atoms with van der Waals surface area (Å²) in [5.74, 6) is 6.07. The number of rotatable bonds is 8. The number of nitrogens with zero attached hydrogens (tertiary/aromatic N) is 2. The van der Waals surface area contributed by atoms with Crippen LogP contribution >= 0.6 is 0 Å². The minimum Gasteiger partial charge on any atom is -0.337 e. The molecular weight excluding hydrogens is 234 g/mol. The van der Waals surface area contributed by atoms with Gasteiger partial charge in [0.1, 0.15) is 11.8 Å². The Kier molecular flexibility index (Phi) is 8.23. The predicted molar refractivity (Wildman–Crippen MR) is 77.4 cm³/mol. The third kappa shape index (κ3) is 6.67.